The van der Waals surface area contributed by atoms with Crippen LogP contribution in [0.3, 0.4) is 0 Å². The fourth-order valence-electron chi connectivity index (χ4n) is 2.09. The minimum Gasteiger partial charge on any atom is -0.424 e. The van der Waals surface area contributed by atoms with Gasteiger partial charge in [0.25, 0.3) is 6.01 Å². The van der Waals surface area contributed by atoms with Crippen LogP contribution < -0.4 is 10.6 Å². The van der Waals surface area contributed by atoms with Gasteiger partial charge in [0.15, 0.2) is 5.58 Å². The van der Waals surface area contributed by atoms with Crippen molar-refractivity contribution in [3.05, 3.63) is 23.2 Å². The fraction of sp³-hybridized carbons (Fsp3) is 0.417. The zero-order valence-corrected chi connectivity index (χ0v) is 10.1. The Balaban J connectivity index is 1.72. The molecule has 1 aromatic heterocycles. The van der Waals surface area contributed by atoms with Crippen molar-refractivity contribution in [2.75, 3.05) is 25.0 Å². The number of anilines is 1. The average Bonchev–Trinajstić information content (AvgIpc) is 2.94. The van der Waals surface area contributed by atoms with Gasteiger partial charge in [0.05, 0.1) is 0 Å². The Hall–Kier alpha value is -1.26. The Labute approximate surface area is 104 Å². The molecule has 0 unspecified atom stereocenters. The van der Waals surface area contributed by atoms with E-state index in [9.17, 15) is 0 Å². The molecule has 0 saturated carbocycles. The number of halogens is 1. The van der Waals surface area contributed by atoms with Crippen LogP contribution in [0.25, 0.3) is 11.1 Å². The molecule has 0 spiro atoms. The van der Waals surface area contributed by atoms with Crippen molar-refractivity contribution in [3.63, 3.8) is 0 Å². The monoisotopic (exact) mass is 251 g/mol. The third-order valence-corrected chi connectivity index (χ3v) is 3.29. The van der Waals surface area contributed by atoms with E-state index in [0.29, 0.717) is 17.0 Å². The zero-order valence-electron chi connectivity index (χ0n) is 9.37. The molecule has 3 rings (SSSR count). The number of rotatable bonds is 3. The molecule has 5 heteroatoms. The van der Waals surface area contributed by atoms with Crippen LogP contribution in [0.1, 0.15) is 6.42 Å². The van der Waals surface area contributed by atoms with Gasteiger partial charge in [-0.2, -0.15) is 4.98 Å². The van der Waals surface area contributed by atoms with Gasteiger partial charge in [-0.1, -0.05) is 11.6 Å². The number of fused-ring (bicyclic) bond motifs is 1. The first-order valence-corrected chi connectivity index (χ1v) is 6.20. The summed E-state index contributed by atoms with van der Waals surface area (Å²) in [6, 6.07) is 6.04. The summed E-state index contributed by atoms with van der Waals surface area (Å²) in [5.41, 5.74) is 1.56. The van der Waals surface area contributed by atoms with Gasteiger partial charge in [-0.05, 0) is 37.6 Å². The highest BCUT2D eigenvalue weighted by Crippen LogP contribution is 2.22. The first kappa shape index (κ1) is 10.9. The normalized spacial score (nSPS) is 19.9. The second-order valence-electron chi connectivity index (χ2n) is 4.37. The second-order valence-corrected chi connectivity index (χ2v) is 4.81. The maximum atomic E-state index is 5.89. The number of benzene rings is 1. The molecular formula is C12H14ClN3O. The Kier molecular flexibility index (Phi) is 2.91. The summed E-state index contributed by atoms with van der Waals surface area (Å²) in [7, 11) is 0. The van der Waals surface area contributed by atoms with Gasteiger partial charge in [0.1, 0.15) is 5.52 Å². The summed E-state index contributed by atoms with van der Waals surface area (Å²) >= 11 is 5.89. The van der Waals surface area contributed by atoms with Gasteiger partial charge in [0.2, 0.25) is 0 Å². The molecule has 0 bridgehead atoms. The maximum Gasteiger partial charge on any atom is 0.295 e. The van der Waals surface area contributed by atoms with Crippen LogP contribution in [-0.2, 0) is 0 Å². The molecule has 1 saturated heterocycles. The van der Waals surface area contributed by atoms with Crippen molar-refractivity contribution in [1.29, 1.82) is 0 Å². The minimum absolute atomic E-state index is 0.578. The van der Waals surface area contributed by atoms with Crippen molar-refractivity contribution in [2.24, 2.45) is 5.92 Å². The number of hydrogen-bond acceptors (Lipinski definition) is 4. The van der Waals surface area contributed by atoms with Crippen molar-refractivity contribution in [1.82, 2.24) is 10.3 Å². The summed E-state index contributed by atoms with van der Waals surface area (Å²) in [5.74, 6) is 0.661. The van der Waals surface area contributed by atoms with Crippen molar-refractivity contribution >= 4 is 28.7 Å². The molecule has 1 aliphatic rings. The van der Waals surface area contributed by atoms with Crippen LogP contribution in [0.4, 0.5) is 6.01 Å². The van der Waals surface area contributed by atoms with Crippen LogP contribution in [0.5, 0.6) is 0 Å². The van der Waals surface area contributed by atoms with Crippen LogP contribution in [0.15, 0.2) is 22.6 Å². The topological polar surface area (TPSA) is 50.1 Å². The fourth-order valence-corrected chi connectivity index (χ4v) is 2.26. The van der Waals surface area contributed by atoms with E-state index < -0.39 is 0 Å². The number of hydrogen-bond donors (Lipinski definition) is 2. The Morgan fingerprint density at radius 3 is 3.29 bits per heavy atom. The lowest BCUT2D eigenvalue weighted by Gasteiger charge is -2.07. The van der Waals surface area contributed by atoms with E-state index in [1.54, 1.807) is 6.07 Å². The molecule has 1 fully saturated rings. The third-order valence-electron chi connectivity index (χ3n) is 3.05. The van der Waals surface area contributed by atoms with Crippen molar-refractivity contribution in [3.8, 4) is 0 Å². The summed E-state index contributed by atoms with van der Waals surface area (Å²) in [6.07, 6.45) is 1.21. The average molecular weight is 252 g/mol. The molecule has 4 nitrogen and oxygen atoms in total. The van der Waals surface area contributed by atoms with E-state index in [4.69, 9.17) is 16.0 Å². The van der Waals surface area contributed by atoms with Crippen molar-refractivity contribution < 1.29 is 4.42 Å². The van der Waals surface area contributed by atoms with E-state index in [2.05, 4.69) is 15.6 Å². The molecular weight excluding hydrogens is 238 g/mol. The van der Waals surface area contributed by atoms with Gasteiger partial charge in [-0.15, -0.1) is 0 Å². The van der Waals surface area contributed by atoms with Crippen LogP contribution >= 0.6 is 11.6 Å². The lowest BCUT2D eigenvalue weighted by molar-refractivity contribution is 0.574. The first-order chi connectivity index (χ1) is 8.31. The van der Waals surface area contributed by atoms with Gasteiger partial charge in [-0.3, -0.25) is 0 Å². The zero-order chi connectivity index (χ0) is 11.7. The lowest BCUT2D eigenvalue weighted by Crippen LogP contribution is -2.17. The predicted molar refractivity (Wildman–Crippen MR) is 68.5 cm³/mol. The molecule has 2 aromatic rings. The molecule has 2 N–H and O–H groups in total. The van der Waals surface area contributed by atoms with Crippen LogP contribution in [0.2, 0.25) is 5.02 Å². The number of nitrogens with zero attached hydrogens (tertiary/aromatic N) is 1. The van der Waals surface area contributed by atoms with Gasteiger partial charge in [-0.25, -0.2) is 0 Å². The largest absolute Gasteiger partial charge is 0.424 e. The smallest absolute Gasteiger partial charge is 0.295 e. The molecule has 0 aliphatic carbocycles. The van der Waals surface area contributed by atoms with Gasteiger partial charge < -0.3 is 15.1 Å². The summed E-state index contributed by atoms with van der Waals surface area (Å²) in [4.78, 5) is 4.36. The molecule has 17 heavy (non-hydrogen) atoms. The number of nitrogens with one attached hydrogen (secondary N) is 2. The second kappa shape index (κ2) is 4.55. The highest BCUT2D eigenvalue weighted by molar-refractivity contribution is 6.31. The molecule has 1 aliphatic heterocycles. The van der Waals surface area contributed by atoms with Gasteiger partial charge in [0, 0.05) is 17.6 Å². The summed E-state index contributed by atoms with van der Waals surface area (Å²) < 4.78 is 5.58. The van der Waals surface area contributed by atoms with Crippen LogP contribution in [0, 0.1) is 5.92 Å². The standard InChI is InChI=1S/C12H14ClN3O/c13-9-1-2-10-11(5-9)17-12(16-10)15-7-8-3-4-14-6-8/h1-2,5,8,14H,3-4,6-7H2,(H,15,16)/t8-/m0/s1. The highest BCUT2D eigenvalue weighted by atomic mass is 35.5. The molecule has 1 aromatic carbocycles. The maximum absolute atomic E-state index is 5.89. The predicted octanol–water partition coefficient (Wildman–Crippen LogP) is 2.50. The van der Waals surface area contributed by atoms with E-state index in [1.807, 2.05) is 12.1 Å². The third kappa shape index (κ3) is 2.37. The van der Waals surface area contributed by atoms with E-state index in [1.165, 1.54) is 6.42 Å². The SMILES string of the molecule is Clc1ccc2nc(NC[C@H]3CCNC3)oc2c1. The molecule has 90 valence electrons. The molecule has 0 radical (unpaired) electrons. The molecule has 1 atom stereocenters. The Bertz CT molecular complexity index is 519. The van der Waals surface area contributed by atoms with E-state index >= 15 is 0 Å². The molecule has 2 heterocycles. The van der Waals surface area contributed by atoms with E-state index in [-0.39, 0.29) is 0 Å². The lowest BCUT2D eigenvalue weighted by atomic mass is 10.1. The van der Waals surface area contributed by atoms with Crippen LogP contribution in [-0.4, -0.2) is 24.6 Å². The highest BCUT2D eigenvalue weighted by Gasteiger charge is 2.15. The summed E-state index contributed by atoms with van der Waals surface area (Å²) in [5, 5.41) is 7.24. The first-order valence-electron chi connectivity index (χ1n) is 5.82. The number of aromatic nitrogens is 1. The van der Waals surface area contributed by atoms with Gasteiger partial charge >= 0.3 is 0 Å². The van der Waals surface area contributed by atoms with Crippen molar-refractivity contribution in [2.45, 2.75) is 6.42 Å². The summed E-state index contributed by atoms with van der Waals surface area (Å²) in [6.45, 7) is 3.07. The molecule has 0 amide bonds. The minimum atomic E-state index is 0.578. The number of oxazole rings is 1. The Morgan fingerprint density at radius 1 is 1.53 bits per heavy atom. The Morgan fingerprint density at radius 2 is 2.47 bits per heavy atom. The van der Waals surface area contributed by atoms with E-state index in [0.717, 1.165) is 30.7 Å². The quantitative estimate of drug-likeness (QED) is 0.880.